The van der Waals surface area contributed by atoms with Crippen LogP contribution in [0.1, 0.15) is 37.1 Å². The van der Waals surface area contributed by atoms with Gasteiger partial charge in [-0.05, 0) is 38.1 Å². The molecule has 0 saturated carbocycles. The van der Waals surface area contributed by atoms with Gasteiger partial charge in [0.05, 0.1) is 12.3 Å². The van der Waals surface area contributed by atoms with Gasteiger partial charge in [0, 0.05) is 17.2 Å². The maximum Gasteiger partial charge on any atom is 0.287 e. The molecule has 4 nitrogen and oxygen atoms in total. The summed E-state index contributed by atoms with van der Waals surface area (Å²) in [4.78, 5) is 13.2. The van der Waals surface area contributed by atoms with Crippen LogP contribution in [0.4, 0.5) is 14.5 Å². The lowest BCUT2D eigenvalue weighted by Crippen LogP contribution is -2.87. The molecule has 0 radical (unpaired) electrons. The van der Waals surface area contributed by atoms with Gasteiger partial charge in [0.1, 0.15) is 23.4 Å². The van der Waals surface area contributed by atoms with Crippen LogP contribution in [-0.4, -0.2) is 12.5 Å². The molecule has 0 unspecified atom stereocenters. The number of quaternary nitrogens is 1. The molecule has 1 amide bonds. The number of nitrogens with two attached hydrogens (primary N) is 1. The molecule has 0 aromatic heterocycles. The Kier molecular flexibility index (Phi) is 7.14. The predicted molar refractivity (Wildman–Crippen MR) is 112 cm³/mol. The van der Waals surface area contributed by atoms with Crippen molar-refractivity contribution < 1.29 is 23.6 Å². The van der Waals surface area contributed by atoms with Gasteiger partial charge < -0.3 is 15.4 Å². The van der Waals surface area contributed by atoms with E-state index >= 15 is 0 Å². The van der Waals surface area contributed by atoms with Gasteiger partial charge >= 0.3 is 0 Å². The first-order valence-corrected chi connectivity index (χ1v) is 9.87. The molecular formula is C24H25F2N2O2+. The van der Waals surface area contributed by atoms with E-state index in [1.54, 1.807) is 24.4 Å². The Balaban J connectivity index is 1.87. The molecular weight excluding hydrogens is 386 g/mol. The Labute approximate surface area is 174 Å². The molecule has 0 bridgehead atoms. The number of rotatable bonds is 8. The van der Waals surface area contributed by atoms with Crippen molar-refractivity contribution in [1.82, 2.24) is 0 Å². The molecule has 3 N–H and O–H groups in total. The molecule has 0 aliphatic heterocycles. The number of carbonyl (C=O) groups excluding carboxylic acids is 1. The molecule has 6 heteroatoms. The average Bonchev–Trinajstić information content (AvgIpc) is 2.74. The van der Waals surface area contributed by atoms with Crippen LogP contribution in [0.2, 0.25) is 0 Å². The van der Waals surface area contributed by atoms with Crippen LogP contribution < -0.4 is 15.4 Å². The van der Waals surface area contributed by atoms with Crippen molar-refractivity contribution in [2.75, 3.05) is 11.9 Å². The summed E-state index contributed by atoms with van der Waals surface area (Å²) in [6.45, 7) is 4.13. The molecule has 0 heterocycles. The molecule has 3 aromatic carbocycles. The topological polar surface area (TPSA) is 54.9 Å². The first-order valence-electron chi connectivity index (χ1n) is 9.87. The predicted octanol–water partition coefficient (Wildman–Crippen LogP) is 4.37. The van der Waals surface area contributed by atoms with Crippen LogP contribution in [0.25, 0.3) is 0 Å². The number of anilines is 1. The number of halogens is 2. The van der Waals surface area contributed by atoms with Gasteiger partial charge in [-0.1, -0.05) is 42.5 Å². The summed E-state index contributed by atoms with van der Waals surface area (Å²) in [6, 6.07) is 18.9. The van der Waals surface area contributed by atoms with Gasteiger partial charge in [0.2, 0.25) is 0 Å². The Morgan fingerprint density at radius 2 is 1.73 bits per heavy atom. The minimum Gasteiger partial charge on any atom is -0.492 e. The smallest absolute Gasteiger partial charge is 0.287 e. The van der Waals surface area contributed by atoms with E-state index in [-0.39, 0.29) is 5.91 Å². The highest BCUT2D eigenvalue weighted by Crippen LogP contribution is 2.25. The van der Waals surface area contributed by atoms with E-state index in [9.17, 15) is 13.6 Å². The zero-order valence-corrected chi connectivity index (χ0v) is 16.9. The summed E-state index contributed by atoms with van der Waals surface area (Å²) in [6.07, 6.45) is 0. The van der Waals surface area contributed by atoms with Crippen molar-refractivity contribution >= 4 is 11.6 Å². The average molecular weight is 411 g/mol. The van der Waals surface area contributed by atoms with E-state index in [2.05, 4.69) is 5.32 Å². The van der Waals surface area contributed by atoms with Gasteiger partial charge in [0.25, 0.3) is 5.91 Å². The Hall–Kier alpha value is -3.25. The van der Waals surface area contributed by atoms with E-state index in [4.69, 9.17) is 4.74 Å². The van der Waals surface area contributed by atoms with Crippen molar-refractivity contribution in [3.8, 4) is 5.75 Å². The SMILES string of the molecule is CCOc1ccccc1NC(=O)[C@H]([NH2+][C@H](C)c1ccc(F)cc1F)c1ccccc1. The van der Waals surface area contributed by atoms with Crippen molar-refractivity contribution in [3.63, 3.8) is 0 Å². The number of para-hydroxylation sites is 2. The first-order chi connectivity index (χ1) is 14.5. The van der Waals surface area contributed by atoms with E-state index in [1.807, 2.05) is 49.4 Å². The zero-order chi connectivity index (χ0) is 21.5. The third-order valence-corrected chi connectivity index (χ3v) is 4.82. The zero-order valence-electron chi connectivity index (χ0n) is 16.9. The molecule has 0 aliphatic rings. The third-order valence-electron chi connectivity index (χ3n) is 4.82. The molecule has 0 spiro atoms. The maximum atomic E-state index is 14.3. The Morgan fingerprint density at radius 1 is 1.03 bits per heavy atom. The fourth-order valence-electron chi connectivity index (χ4n) is 3.34. The summed E-state index contributed by atoms with van der Waals surface area (Å²) >= 11 is 0. The number of hydrogen-bond acceptors (Lipinski definition) is 2. The van der Waals surface area contributed by atoms with Crippen molar-refractivity contribution in [3.05, 3.63) is 95.6 Å². The number of carbonyl (C=O) groups is 1. The molecule has 0 fully saturated rings. The van der Waals surface area contributed by atoms with Crippen LogP contribution in [0.15, 0.2) is 72.8 Å². The second-order valence-electron chi connectivity index (χ2n) is 6.95. The van der Waals surface area contributed by atoms with Crippen molar-refractivity contribution in [2.45, 2.75) is 25.9 Å². The lowest BCUT2D eigenvalue weighted by Gasteiger charge is -2.21. The monoisotopic (exact) mass is 411 g/mol. The van der Waals surface area contributed by atoms with Crippen molar-refractivity contribution in [1.29, 1.82) is 0 Å². The lowest BCUT2D eigenvalue weighted by atomic mass is 10.0. The standard InChI is InChI=1S/C24H24F2N2O2/c1-3-30-22-12-8-7-11-21(22)28-24(29)23(17-9-5-4-6-10-17)27-16(2)19-14-13-18(25)15-20(19)26/h4-16,23,27H,3H2,1-2H3,(H,28,29)/p+1/t16-,23-/m1/s1. The summed E-state index contributed by atoms with van der Waals surface area (Å²) in [5, 5.41) is 4.69. The lowest BCUT2D eigenvalue weighted by molar-refractivity contribution is -0.719. The van der Waals surface area contributed by atoms with E-state index in [0.717, 1.165) is 11.6 Å². The van der Waals surface area contributed by atoms with Gasteiger partial charge in [-0.3, -0.25) is 4.79 Å². The molecule has 0 saturated heterocycles. The fourth-order valence-corrected chi connectivity index (χ4v) is 3.34. The first kappa shape index (κ1) is 21.5. The molecule has 3 rings (SSSR count). The Morgan fingerprint density at radius 3 is 2.43 bits per heavy atom. The highest BCUT2D eigenvalue weighted by atomic mass is 19.1. The molecule has 3 aromatic rings. The summed E-state index contributed by atoms with van der Waals surface area (Å²) < 4.78 is 33.1. The highest BCUT2D eigenvalue weighted by Gasteiger charge is 2.28. The Bertz CT molecular complexity index is 996. The second kappa shape index (κ2) is 9.98. The number of benzene rings is 3. The van der Waals surface area contributed by atoms with E-state index in [1.165, 1.54) is 12.1 Å². The van der Waals surface area contributed by atoms with Gasteiger partial charge in [-0.15, -0.1) is 0 Å². The largest absolute Gasteiger partial charge is 0.492 e. The maximum absolute atomic E-state index is 14.3. The quantitative estimate of drug-likeness (QED) is 0.578. The molecule has 30 heavy (non-hydrogen) atoms. The third kappa shape index (κ3) is 5.21. The fraction of sp³-hybridized carbons (Fsp3) is 0.208. The molecule has 0 aliphatic carbocycles. The molecule has 2 atom stereocenters. The van der Waals surface area contributed by atoms with Crippen LogP contribution >= 0.6 is 0 Å². The number of nitrogens with one attached hydrogen (secondary N) is 1. The van der Waals surface area contributed by atoms with Crippen LogP contribution in [0, 0.1) is 11.6 Å². The van der Waals surface area contributed by atoms with Gasteiger partial charge in [-0.25, -0.2) is 8.78 Å². The minimum absolute atomic E-state index is 0.261. The number of ether oxygens (including phenoxy) is 1. The van der Waals surface area contributed by atoms with Crippen LogP contribution in [0.3, 0.4) is 0 Å². The van der Waals surface area contributed by atoms with E-state index < -0.39 is 23.7 Å². The molecule has 156 valence electrons. The van der Waals surface area contributed by atoms with Gasteiger partial charge in [0.15, 0.2) is 6.04 Å². The second-order valence-corrected chi connectivity index (χ2v) is 6.95. The summed E-state index contributed by atoms with van der Waals surface area (Å²) in [5.41, 5.74) is 1.68. The normalized spacial score (nSPS) is 12.8. The van der Waals surface area contributed by atoms with Crippen LogP contribution in [0.5, 0.6) is 5.75 Å². The van der Waals surface area contributed by atoms with Gasteiger partial charge in [-0.2, -0.15) is 0 Å². The summed E-state index contributed by atoms with van der Waals surface area (Å²) in [5.74, 6) is -0.943. The summed E-state index contributed by atoms with van der Waals surface area (Å²) in [7, 11) is 0. The highest BCUT2D eigenvalue weighted by molar-refractivity contribution is 5.95. The minimum atomic E-state index is -0.639. The number of hydrogen-bond donors (Lipinski definition) is 2. The van der Waals surface area contributed by atoms with Crippen molar-refractivity contribution in [2.24, 2.45) is 0 Å². The van der Waals surface area contributed by atoms with Crippen LogP contribution in [-0.2, 0) is 4.79 Å². The van der Waals surface area contributed by atoms with E-state index in [0.29, 0.717) is 23.6 Å². The number of amides is 1.